The van der Waals surface area contributed by atoms with Crippen molar-refractivity contribution in [3.8, 4) is 0 Å². The van der Waals surface area contributed by atoms with Crippen molar-refractivity contribution in [1.29, 1.82) is 0 Å². The molecule has 0 aliphatic heterocycles. The molecular weight excluding hydrogens is 150 g/mol. The molecule has 2 nitrogen and oxygen atoms in total. The Morgan fingerprint density at radius 2 is 2.08 bits per heavy atom. The van der Waals surface area contributed by atoms with E-state index in [1.54, 1.807) is 0 Å². The first-order valence-corrected chi connectivity index (χ1v) is 5.00. The first-order chi connectivity index (χ1) is 5.68. The molecule has 1 aliphatic carbocycles. The predicted molar refractivity (Wildman–Crippen MR) is 51.3 cm³/mol. The van der Waals surface area contributed by atoms with Gasteiger partial charge >= 0.3 is 0 Å². The topological polar surface area (TPSA) is 21.3 Å². The molecule has 0 atom stereocenters. The molecule has 0 heterocycles. The lowest BCUT2D eigenvalue weighted by molar-refractivity contribution is 0.0991. The Balaban J connectivity index is 2.12. The molecule has 0 bridgehead atoms. The van der Waals surface area contributed by atoms with Gasteiger partial charge in [0.05, 0.1) is 6.61 Å². The van der Waals surface area contributed by atoms with E-state index in [0.29, 0.717) is 11.5 Å². The second-order valence-electron chi connectivity index (χ2n) is 4.17. The first-order valence-electron chi connectivity index (χ1n) is 5.00. The molecule has 72 valence electrons. The molecule has 0 aromatic carbocycles. The van der Waals surface area contributed by atoms with Crippen LogP contribution in [0.3, 0.4) is 0 Å². The SMILES string of the molecule is CCOCC1(CNC(C)C)CC1. The Bertz CT molecular complexity index is 130. The van der Waals surface area contributed by atoms with E-state index in [1.165, 1.54) is 12.8 Å². The average Bonchev–Trinajstić information content (AvgIpc) is 2.79. The quantitative estimate of drug-likeness (QED) is 0.658. The minimum Gasteiger partial charge on any atom is -0.381 e. The molecule has 2 heteroatoms. The number of hydrogen-bond donors (Lipinski definition) is 1. The van der Waals surface area contributed by atoms with Gasteiger partial charge in [0.15, 0.2) is 0 Å². The van der Waals surface area contributed by atoms with Crippen molar-refractivity contribution in [2.45, 2.75) is 39.7 Å². The Kier molecular flexibility index (Phi) is 3.53. The van der Waals surface area contributed by atoms with Crippen LogP contribution in [0.1, 0.15) is 33.6 Å². The molecule has 0 aromatic rings. The zero-order valence-corrected chi connectivity index (χ0v) is 8.52. The van der Waals surface area contributed by atoms with E-state index < -0.39 is 0 Å². The monoisotopic (exact) mass is 171 g/mol. The van der Waals surface area contributed by atoms with Crippen molar-refractivity contribution in [3.05, 3.63) is 0 Å². The maximum absolute atomic E-state index is 5.45. The van der Waals surface area contributed by atoms with Crippen LogP contribution in [-0.4, -0.2) is 25.8 Å². The van der Waals surface area contributed by atoms with Crippen LogP contribution >= 0.6 is 0 Å². The fourth-order valence-electron chi connectivity index (χ4n) is 1.29. The standard InChI is InChI=1S/C10H21NO/c1-4-12-8-10(5-6-10)7-11-9(2)3/h9,11H,4-8H2,1-3H3. The van der Waals surface area contributed by atoms with Gasteiger partial charge in [-0.05, 0) is 19.8 Å². The van der Waals surface area contributed by atoms with Gasteiger partial charge < -0.3 is 10.1 Å². The molecule has 0 saturated heterocycles. The Labute approximate surface area is 75.7 Å². The second kappa shape index (κ2) is 4.24. The van der Waals surface area contributed by atoms with Gasteiger partial charge in [0, 0.05) is 24.6 Å². The highest BCUT2D eigenvalue weighted by atomic mass is 16.5. The van der Waals surface area contributed by atoms with Gasteiger partial charge in [0.1, 0.15) is 0 Å². The van der Waals surface area contributed by atoms with Crippen LogP contribution in [0.2, 0.25) is 0 Å². The van der Waals surface area contributed by atoms with Crippen LogP contribution in [0.4, 0.5) is 0 Å². The van der Waals surface area contributed by atoms with Crippen molar-refractivity contribution in [2.24, 2.45) is 5.41 Å². The van der Waals surface area contributed by atoms with Crippen LogP contribution in [-0.2, 0) is 4.74 Å². The summed E-state index contributed by atoms with van der Waals surface area (Å²) in [6, 6.07) is 0.601. The second-order valence-corrected chi connectivity index (χ2v) is 4.17. The summed E-state index contributed by atoms with van der Waals surface area (Å²) < 4.78 is 5.45. The summed E-state index contributed by atoms with van der Waals surface area (Å²) in [4.78, 5) is 0. The molecule has 1 rings (SSSR count). The zero-order chi connectivity index (χ0) is 9.03. The number of hydrogen-bond acceptors (Lipinski definition) is 2. The summed E-state index contributed by atoms with van der Waals surface area (Å²) in [7, 11) is 0. The van der Waals surface area contributed by atoms with Crippen LogP contribution < -0.4 is 5.32 Å². The smallest absolute Gasteiger partial charge is 0.0534 e. The maximum atomic E-state index is 5.45. The highest BCUT2D eigenvalue weighted by molar-refractivity contribution is 4.95. The largest absolute Gasteiger partial charge is 0.381 e. The minimum absolute atomic E-state index is 0.500. The fourth-order valence-corrected chi connectivity index (χ4v) is 1.29. The summed E-state index contributed by atoms with van der Waals surface area (Å²) in [5.74, 6) is 0. The van der Waals surface area contributed by atoms with Gasteiger partial charge in [0.2, 0.25) is 0 Å². The van der Waals surface area contributed by atoms with Crippen LogP contribution in [0.5, 0.6) is 0 Å². The summed E-state index contributed by atoms with van der Waals surface area (Å²) in [6.07, 6.45) is 2.68. The minimum atomic E-state index is 0.500. The van der Waals surface area contributed by atoms with E-state index in [2.05, 4.69) is 26.1 Å². The summed E-state index contributed by atoms with van der Waals surface area (Å²) in [6.45, 7) is 9.37. The molecule has 1 aliphatic rings. The van der Waals surface area contributed by atoms with Crippen molar-refractivity contribution in [1.82, 2.24) is 5.32 Å². The lowest BCUT2D eigenvalue weighted by Gasteiger charge is -2.17. The Morgan fingerprint density at radius 1 is 1.42 bits per heavy atom. The molecule has 0 spiro atoms. The average molecular weight is 171 g/mol. The molecule has 0 unspecified atom stereocenters. The third-order valence-corrected chi connectivity index (χ3v) is 2.45. The van der Waals surface area contributed by atoms with Gasteiger partial charge in [-0.2, -0.15) is 0 Å². The lowest BCUT2D eigenvalue weighted by Crippen LogP contribution is -2.32. The fraction of sp³-hybridized carbons (Fsp3) is 1.00. The molecule has 0 aromatic heterocycles. The van der Waals surface area contributed by atoms with Crippen LogP contribution in [0, 0.1) is 5.41 Å². The molecule has 1 N–H and O–H groups in total. The van der Waals surface area contributed by atoms with E-state index in [-0.39, 0.29) is 0 Å². The zero-order valence-electron chi connectivity index (χ0n) is 8.52. The molecule has 1 fully saturated rings. The van der Waals surface area contributed by atoms with Crippen LogP contribution in [0.25, 0.3) is 0 Å². The molecule has 1 saturated carbocycles. The van der Waals surface area contributed by atoms with E-state index in [9.17, 15) is 0 Å². The number of nitrogens with one attached hydrogen (secondary N) is 1. The highest BCUT2D eigenvalue weighted by Crippen LogP contribution is 2.45. The van der Waals surface area contributed by atoms with Gasteiger partial charge in [-0.1, -0.05) is 13.8 Å². The third kappa shape index (κ3) is 3.11. The predicted octanol–water partition coefficient (Wildman–Crippen LogP) is 1.80. The van der Waals surface area contributed by atoms with Crippen molar-refractivity contribution in [3.63, 3.8) is 0 Å². The maximum Gasteiger partial charge on any atom is 0.0534 e. The van der Waals surface area contributed by atoms with E-state index in [4.69, 9.17) is 4.74 Å². The van der Waals surface area contributed by atoms with Gasteiger partial charge in [-0.25, -0.2) is 0 Å². The number of rotatable bonds is 6. The van der Waals surface area contributed by atoms with Crippen molar-refractivity contribution < 1.29 is 4.74 Å². The summed E-state index contributed by atoms with van der Waals surface area (Å²) >= 11 is 0. The molecule has 0 radical (unpaired) electrons. The molecule has 12 heavy (non-hydrogen) atoms. The lowest BCUT2D eigenvalue weighted by atomic mass is 10.1. The molecule has 0 amide bonds. The van der Waals surface area contributed by atoms with Gasteiger partial charge in [0.25, 0.3) is 0 Å². The van der Waals surface area contributed by atoms with Crippen molar-refractivity contribution >= 4 is 0 Å². The normalized spacial score (nSPS) is 20.0. The Morgan fingerprint density at radius 3 is 2.50 bits per heavy atom. The summed E-state index contributed by atoms with van der Waals surface area (Å²) in [5, 5.41) is 3.48. The van der Waals surface area contributed by atoms with E-state index in [1.807, 2.05) is 0 Å². The Hall–Kier alpha value is -0.0800. The van der Waals surface area contributed by atoms with Crippen LogP contribution in [0.15, 0.2) is 0 Å². The molecular formula is C10H21NO. The first kappa shape index (κ1) is 10.0. The third-order valence-electron chi connectivity index (χ3n) is 2.45. The number of ether oxygens (including phenoxy) is 1. The highest BCUT2D eigenvalue weighted by Gasteiger charge is 2.42. The van der Waals surface area contributed by atoms with E-state index in [0.717, 1.165) is 19.8 Å². The van der Waals surface area contributed by atoms with Gasteiger partial charge in [-0.15, -0.1) is 0 Å². The van der Waals surface area contributed by atoms with E-state index >= 15 is 0 Å². The van der Waals surface area contributed by atoms with Gasteiger partial charge in [-0.3, -0.25) is 0 Å². The summed E-state index contributed by atoms with van der Waals surface area (Å²) in [5.41, 5.74) is 0.500. The van der Waals surface area contributed by atoms with Crippen molar-refractivity contribution in [2.75, 3.05) is 19.8 Å².